The second kappa shape index (κ2) is 7.32. The fourth-order valence-electron chi connectivity index (χ4n) is 1.89. The van der Waals surface area contributed by atoms with Gasteiger partial charge in [-0.15, -0.1) is 0 Å². The fourth-order valence-corrected chi connectivity index (χ4v) is 1.89. The minimum Gasteiger partial charge on any atom is -0.487 e. The zero-order chi connectivity index (χ0) is 15.1. The molecule has 20 heavy (non-hydrogen) atoms. The van der Waals surface area contributed by atoms with Gasteiger partial charge >= 0.3 is 5.69 Å². The van der Waals surface area contributed by atoms with Gasteiger partial charge in [-0.3, -0.25) is 10.1 Å². The van der Waals surface area contributed by atoms with E-state index < -0.39 is 4.92 Å². The molecule has 0 amide bonds. The summed E-state index contributed by atoms with van der Waals surface area (Å²) >= 11 is 0. The van der Waals surface area contributed by atoms with Gasteiger partial charge in [-0.25, -0.2) is 0 Å². The number of aryl methyl sites for hydroxylation is 2. The first-order valence-electron chi connectivity index (χ1n) is 6.30. The molecule has 0 unspecified atom stereocenters. The van der Waals surface area contributed by atoms with Gasteiger partial charge in [0.2, 0.25) is 0 Å². The second-order valence-electron chi connectivity index (χ2n) is 4.58. The van der Waals surface area contributed by atoms with Crippen molar-refractivity contribution in [3.8, 4) is 5.75 Å². The maximum atomic E-state index is 11.0. The lowest BCUT2D eigenvalue weighted by molar-refractivity contribution is -0.386. The molecule has 7 nitrogen and oxygen atoms in total. The number of hydrogen-bond acceptors (Lipinski definition) is 5. The van der Waals surface area contributed by atoms with E-state index in [1.165, 1.54) is 6.07 Å². The van der Waals surface area contributed by atoms with Crippen molar-refractivity contribution in [2.45, 2.75) is 33.1 Å². The number of nitro benzene ring substituents is 1. The van der Waals surface area contributed by atoms with E-state index in [1.807, 2.05) is 6.07 Å². The number of hydrogen-bond donors (Lipinski definition) is 2. The van der Waals surface area contributed by atoms with Gasteiger partial charge in [-0.1, -0.05) is 11.2 Å². The van der Waals surface area contributed by atoms with E-state index in [2.05, 4.69) is 5.16 Å². The number of amidine groups is 1. The van der Waals surface area contributed by atoms with Gasteiger partial charge in [0.25, 0.3) is 0 Å². The normalized spacial score (nSPS) is 11.4. The molecule has 0 aromatic heterocycles. The van der Waals surface area contributed by atoms with Gasteiger partial charge < -0.3 is 15.7 Å². The van der Waals surface area contributed by atoms with Crippen molar-refractivity contribution in [2.24, 2.45) is 10.9 Å². The number of ether oxygens (including phenoxy) is 1. The van der Waals surface area contributed by atoms with Crippen LogP contribution in [-0.4, -0.2) is 22.6 Å². The Labute approximate surface area is 117 Å². The number of rotatable bonds is 7. The van der Waals surface area contributed by atoms with E-state index in [-0.39, 0.29) is 11.5 Å². The third kappa shape index (κ3) is 4.42. The van der Waals surface area contributed by atoms with Crippen LogP contribution in [0.2, 0.25) is 0 Å². The summed E-state index contributed by atoms with van der Waals surface area (Å²) in [5, 5.41) is 22.3. The average molecular weight is 281 g/mol. The molecule has 0 heterocycles. The lowest BCUT2D eigenvalue weighted by Gasteiger charge is -2.10. The molecule has 0 spiro atoms. The van der Waals surface area contributed by atoms with Crippen molar-refractivity contribution in [1.82, 2.24) is 0 Å². The molecule has 1 aromatic rings. The predicted octanol–water partition coefficient (Wildman–Crippen LogP) is 2.51. The van der Waals surface area contributed by atoms with Crippen LogP contribution in [0, 0.1) is 24.0 Å². The minimum absolute atomic E-state index is 0.0149. The minimum atomic E-state index is -0.439. The van der Waals surface area contributed by atoms with Crippen LogP contribution in [0.1, 0.15) is 30.4 Å². The van der Waals surface area contributed by atoms with Crippen LogP contribution < -0.4 is 10.5 Å². The molecule has 1 aromatic carbocycles. The molecule has 0 aliphatic rings. The standard InChI is InChI=1S/C13H19N3O4/c1-9-7-10(2)13(11(8-9)16(18)19)20-6-4-3-5-12(14)15-17/h7-8,17H,3-6H2,1-2H3,(H2,14,15). The first-order chi connectivity index (χ1) is 9.45. The average Bonchev–Trinajstić information content (AvgIpc) is 2.39. The third-order valence-electron chi connectivity index (χ3n) is 2.80. The molecule has 3 N–H and O–H groups in total. The monoisotopic (exact) mass is 281 g/mol. The number of benzene rings is 1. The Morgan fingerprint density at radius 1 is 1.45 bits per heavy atom. The van der Waals surface area contributed by atoms with Crippen LogP contribution in [0.4, 0.5) is 5.69 Å². The summed E-state index contributed by atoms with van der Waals surface area (Å²) in [6.07, 6.45) is 1.82. The predicted molar refractivity (Wildman–Crippen MR) is 75.3 cm³/mol. The molecule has 110 valence electrons. The van der Waals surface area contributed by atoms with E-state index >= 15 is 0 Å². The van der Waals surface area contributed by atoms with E-state index in [9.17, 15) is 10.1 Å². The lowest BCUT2D eigenvalue weighted by Crippen LogP contribution is -2.11. The summed E-state index contributed by atoms with van der Waals surface area (Å²) in [6.45, 7) is 3.94. The van der Waals surface area contributed by atoms with Crippen molar-refractivity contribution < 1.29 is 14.9 Å². The van der Waals surface area contributed by atoms with E-state index in [4.69, 9.17) is 15.7 Å². The highest BCUT2D eigenvalue weighted by molar-refractivity contribution is 5.79. The molecule has 0 saturated carbocycles. The molecule has 0 aliphatic carbocycles. The van der Waals surface area contributed by atoms with Gasteiger partial charge in [0.05, 0.1) is 11.5 Å². The molecule has 0 atom stereocenters. The van der Waals surface area contributed by atoms with E-state index in [0.29, 0.717) is 31.6 Å². The molecular formula is C13H19N3O4. The van der Waals surface area contributed by atoms with E-state index in [0.717, 1.165) is 11.1 Å². The molecule has 0 fully saturated rings. The quantitative estimate of drug-likeness (QED) is 0.199. The number of nitrogens with zero attached hydrogens (tertiary/aromatic N) is 2. The molecule has 0 radical (unpaired) electrons. The Morgan fingerprint density at radius 2 is 2.15 bits per heavy atom. The topological polar surface area (TPSA) is 111 Å². The van der Waals surface area contributed by atoms with Crippen molar-refractivity contribution in [1.29, 1.82) is 0 Å². The highest BCUT2D eigenvalue weighted by Crippen LogP contribution is 2.32. The summed E-state index contributed by atoms with van der Waals surface area (Å²) in [4.78, 5) is 10.6. The molecule has 0 aliphatic heterocycles. The van der Waals surface area contributed by atoms with Crippen LogP contribution in [0.3, 0.4) is 0 Å². The second-order valence-corrected chi connectivity index (χ2v) is 4.58. The Balaban J connectivity index is 2.62. The number of unbranched alkanes of at least 4 members (excludes halogenated alkanes) is 1. The van der Waals surface area contributed by atoms with Crippen LogP contribution in [-0.2, 0) is 0 Å². The molecule has 0 bridgehead atoms. The Morgan fingerprint density at radius 3 is 2.75 bits per heavy atom. The SMILES string of the molecule is Cc1cc(C)c(OCCCCC(N)=NO)c([N+](=O)[O-])c1. The van der Waals surface area contributed by atoms with Crippen molar-refractivity contribution in [3.63, 3.8) is 0 Å². The zero-order valence-electron chi connectivity index (χ0n) is 11.6. The number of oxime groups is 1. The van der Waals surface area contributed by atoms with Gasteiger partial charge in [0.15, 0.2) is 5.75 Å². The first-order valence-corrected chi connectivity index (χ1v) is 6.30. The van der Waals surface area contributed by atoms with Crippen molar-refractivity contribution in [2.75, 3.05) is 6.61 Å². The molecular weight excluding hydrogens is 262 g/mol. The largest absolute Gasteiger partial charge is 0.487 e. The fraction of sp³-hybridized carbons (Fsp3) is 0.462. The summed E-state index contributed by atoms with van der Waals surface area (Å²) < 4.78 is 5.51. The summed E-state index contributed by atoms with van der Waals surface area (Å²) in [7, 11) is 0. The highest BCUT2D eigenvalue weighted by Gasteiger charge is 2.18. The molecule has 7 heteroatoms. The van der Waals surface area contributed by atoms with Gasteiger partial charge in [-0.05, 0) is 37.8 Å². The van der Waals surface area contributed by atoms with Crippen LogP contribution in [0.15, 0.2) is 17.3 Å². The number of nitro groups is 1. The van der Waals surface area contributed by atoms with Crippen LogP contribution in [0.25, 0.3) is 0 Å². The number of nitrogens with two attached hydrogens (primary N) is 1. The van der Waals surface area contributed by atoms with Crippen LogP contribution in [0.5, 0.6) is 5.75 Å². The molecule has 0 saturated heterocycles. The van der Waals surface area contributed by atoms with Gasteiger partial charge in [-0.2, -0.15) is 0 Å². The molecule has 1 rings (SSSR count). The Bertz CT molecular complexity index is 515. The zero-order valence-corrected chi connectivity index (χ0v) is 11.6. The Kier molecular flexibility index (Phi) is 5.76. The van der Waals surface area contributed by atoms with Crippen molar-refractivity contribution in [3.05, 3.63) is 33.4 Å². The van der Waals surface area contributed by atoms with Crippen LogP contribution >= 0.6 is 0 Å². The lowest BCUT2D eigenvalue weighted by atomic mass is 10.1. The maximum absolute atomic E-state index is 11.0. The van der Waals surface area contributed by atoms with Gasteiger partial charge in [0, 0.05) is 12.5 Å². The Hall–Kier alpha value is -2.31. The highest BCUT2D eigenvalue weighted by atomic mass is 16.6. The smallest absolute Gasteiger partial charge is 0.311 e. The summed E-state index contributed by atoms with van der Waals surface area (Å²) in [6, 6.07) is 3.34. The summed E-state index contributed by atoms with van der Waals surface area (Å²) in [5.41, 5.74) is 6.90. The maximum Gasteiger partial charge on any atom is 0.311 e. The third-order valence-corrected chi connectivity index (χ3v) is 2.80. The van der Waals surface area contributed by atoms with E-state index in [1.54, 1.807) is 13.8 Å². The van der Waals surface area contributed by atoms with Gasteiger partial charge in [0.1, 0.15) is 5.84 Å². The summed E-state index contributed by atoms with van der Waals surface area (Å²) in [5.74, 6) is 0.479. The first kappa shape index (κ1) is 15.7. The van der Waals surface area contributed by atoms with Crippen molar-refractivity contribution >= 4 is 11.5 Å².